The van der Waals surface area contributed by atoms with E-state index in [1.54, 1.807) is 11.3 Å². The molecular formula is C20H28ClIN6OS. The van der Waals surface area contributed by atoms with Crippen LogP contribution in [0.15, 0.2) is 35.5 Å². The minimum absolute atomic E-state index is 0. The fraction of sp³-hybridized carbons (Fsp3) is 0.450. The van der Waals surface area contributed by atoms with E-state index in [4.69, 9.17) is 11.6 Å². The van der Waals surface area contributed by atoms with E-state index in [1.807, 2.05) is 49.2 Å². The molecule has 2 heterocycles. The number of aryl methyl sites for hydroxylation is 1. The summed E-state index contributed by atoms with van der Waals surface area (Å²) < 4.78 is 0. The first-order valence-corrected chi connectivity index (χ1v) is 11.0. The van der Waals surface area contributed by atoms with Crippen molar-refractivity contribution in [2.75, 3.05) is 44.2 Å². The van der Waals surface area contributed by atoms with Crippen molar-refractivity contribution in [3.05, 3.63) is 45.4 Å². The summed E-state index contributed by atoms with van der Waals surface area (Å²) in [5, 5.41) is 8.15. The highest BCUT2D eigenvalue weighted by Crippen LogP contribution is 2.19. The number of aliphatic imine (C=N–C) groups is 1. The first-order valence-electron chi connectivity index (χ1n) is 9.77. The lowest BCUT2D eigenvalue weighted by Crippen LogP contribution is -2.49. The van der Waals surface area contributed by atoms with E-state index in [9.17, 15) is 4.79 Å². The number of amides is 1. The predicted octanol–water partition coefficient (Wildman–Crippen LogP) is 3.13. The molecule has 0 spiro atoms. The maximum Gasteiger partial charge on any atom is 0.244 e. The van der Waals surface area contributed by atoms with Gasteiger partial charge in [0.25, 0.3) is 0 Å². The van der Waals surface area contributed by atoms with Crippen LogP contribution in [0.4, 0.5) is 5.69 Å². The van der Waals surface area contributed by atoms with Gasteiger partial charge in [0, 0.05) is 54.5 Å². The van der Waals surface area contributed by atoms with Gasteiger partial charge in [0.15, 0.2) is 5.96 Å². The Morgan fingerprint density at radius 2 is 1.90 bits per heavy atom. The average Bonchev–Trinajstić information content (AvgIpc) is 3.15. The molecule has 0 unspecified atom stereocenters. The predicted molar refractivity (Wildman–Crippen MR) is 135 cm³/mol. The number of anilines is 1. The molecule has 30 heavy (non-hydrogen) atoms. The maximum absolute atomic E-state index is 12.6. The number of carbonyl (C=O) groups excluding carboxylic acids is 1. The van der Waals surface area contributed by atoms with Gasteiger partial charge in [-0.05, 0) is 38.1 Å². The molecule has 1 fully saturated rings. The number of piperazine rings is 1. The summed E-state index contributed by atoms with van der Waals surface area (Å²) in [4.78, 5) is 26.7. The Labute approximate surface area is 203 Å². The number of carbonyl (C=O) groups is 1. The zero-order chi connectivity index (χ0) is 20.6. The first-order chi connectivity index (χ1) is 14.0. The van der Waals surface area contributed by atoms with Crippen LogP contribution in [0, 0.1) is 6.92 Å². The van der Waals surface area contributed by atoms with Crippen molar-refractivity contribution in [1.82, 2.24) is 20.5 Å². The van der Waals surface area contributed by atoms with Gasteiger partial charge in [0.1, 0.15) is 11.6 Å². The molecule has 1 aromatic carbocycles. The van der Waals surface area contributed by atoms with Gasteiger partial charge in [-0.1, -0.05) is 11.6 Å². The molecule has 0 bridgehead atoms. The van der Waals surface area contributed by atoms with Crippen LogP contribution in [-0.4, -0.2) is 61.0 Å². The molecule has 1 aliphatic heterocycles. The van der Waals surface area contributed by atoms with E-state index in [-0.39, 0.29) is 36.4 Å². The highest BCUT2D eigenvalue weighted by molar-refractivity contribution is 14.0. The first kappa shape index (κ1) is 24.7. The third kappa shape index (κ3) is 7.28. The van der Waals surface area contributed by atoms with Gasteiger partial charge in [0.2, 0.25) is 5.91 Å². The molecule has 10 heteroatoms. The lowest BCUT2D eigenvalue weighted by Gasteiger charge is -2.36. The highest BCUT2D eigenvalue weighted by Gasteiger charge is 2.21. The summed E-state index contributed by atoms with van der Waals surface area (Å²) in [6.45, 7) is 8.49. The Morgan fingerprint density at radius 3 is 2.50 bits per heavy atom. The summed E-state index contributed by atoms with van der Waals surface area (Å²) in [5.41, 5.74) is 1.13. The molecule has 1 amide bonds. The molecule has 0 aliphatic carbocycles. The van der Waals surface area contributed by atoms with Crippen LogP contribution in [0.3, 0.4) is 0 Å². The minimum atomic E-state index is 0. The number of benzene rings is 1. The van der Waals surface area contributed by atoms with Crippen molar-refractivity contribution in [3.8, 4) is 0 Å². The molecule has 1 aromatic heterocycles. The Balaban J connectivity index is 0.00000320. The van der Waals surface area contributed by atoms with Gasteiger partial charge in [-0.2, -0.15) is 0 Å². The minimum Gasteiger partial charge on any atom is -0.368 e. The highest BCUT2D eigenvalue weighted by atomic mass is 127. The molecule has 0 radical (unpaired) electrons. The number of rotatable bonds is 6. The standard InChI is InChI=1S/C20H27ClN6OS.HI/c1-3-22-20(24-13-18-23-12-15(2)29-18)25-14-19(28)27-10-8-26(9-11-27)17-6-4-16(21)5-7-17;/h4-7,12H,3,8-11,13-14H2,1-2H3,(H2,22,24,25);1H. The number of hydrogen-bond acceptors (Lipinski definition) is 5. The second-order valence-electron chi connectivity index (χ2n) is 6.76. The summed E-state index contributed by atoms with van der Waals surface area (Å²) in [7, 11) is 0. The Kier molecular flexibility index (Phi) is 10.1. The van der Waals surface area contributed by atoms with Crippen molar-refractivity contribution in [3.63, 3.8) is 0 Å². The molecule has 2 N–H and O–H groups in total. The van der Waals surface area contributed by atoms with Gasteiger partial charge >= 0.3 is 0 Å². The van der Waals surface area contributed by atoms with Gasteiger partial charge < -0.3 is 20.4 Å². The number of aromatic nitrogens is 1. The number of nitrogens with one attached hydrogen (secondary N) is 2. The lowest BCUT2D eigenvalue weighted by atomic mass is 10.2. The SMILES string of the molecule is CCNC(=NCC(=O)N1CCN(c2ccc(Cl)cc2)CC1)NCc1ncc(C)s1.I. The third-order valence-corrected chi connectivity index (χ3v) is 5.78. The van der Waals surface area contributed by atoms with Crippen LogP contribution >= 0.6 is 46.9 Å². The average molecular weight is 563 g/mol. The topological polar surface area (TPSA) is 72.9 Å². The van der Waals surface area contributed by atoms with Crippen molar-refractivity contribution in [2.45, 2.75) is 20.4 Å². The van der Waals surface area contributed by atoms with E-state index in [0.29, 0.717) is 25.6 Å². The van der Waals surface area contributed by atoms with Crippen LogP contribution in [0.25, 0.3) is 0 Å². The lowest BCUT2D eigenvalue weighted by molar-refractivity contribution is -0.129. The summed E-state index contributed by atoms with van der Waals surface area (Å²) >= 11 is 7.61. The quantitative estimate of drug-likeness (QED) is 0.322. The Morgan fingerprint density at radius 1 is 1.20 bits per heavy atom. The van der Waals surface area contributed by atoms with Gasteiger partial charge in [0.05, 0.1) is 6.54 Å². The van der Waals surface area contributed by atoms with Crippen molar-refractivity contribution < 1.29 is 4.79 Å². The van der Waals surface area contributed by atoms with Crippen LogP contribution in [0.2, 0.25) is 5.02 Å². The molecule has 0 saturated carbocycles. The van der Waals surface area contributed by atoms with Crippen LogP contribution in [0.1, 0.15) is 16.8 Å². The molecule has 1 aliphatic rings. The number of halogens is 2. The third-order valence-electron chi connectivity index (χ3n) is 4.62. The van der Waals surface area contributed by atoms with Crippen LogP contribution in [0.5, 0.6) is 0 Å². The van der Waals surface area contributed by atoms with Crippen molar-refractivity contribution in [1.29, 1.82) is 0 Å². The molecular weight excluding hydrogens is 535 g/mol. The monoisotopic (exact) mass is 562 g/mol. The van der Waals surface area contributed by atoms with E-state index < -0.39 is 0 Å². The van der Waals surface area contributed by atoms with Crippen molar-refractivity contribution in [2.24, 2.45) is 4.99 Å². The molecule has 2 aromatic rings. The zero-order valence-electron chi connectivity index (χ0n) is 17.2. The number of guanidine groups is 1. The molecule has 164 valence electrons. The summed E-state index contributed by atoms with van der Waals surface area (Å²) in [5.74, 6) is 0.677. The molecule has 3 rings (SSSR count). The maximum atomic E-state index is 12.6. The Hall–Kier alpha value is -1.59. The van der Waals surface area contributed by atoms with E-state index in [0.717, 1.165) is 35.4 Å². The smallest absolute Gasteiger partial charge is 0.244 e. The van der Waals surface area contributed by atoms with Gasteiger partial charge in [-0.15, -0.1) is 35.3 Å². The fourth-order valence-corrected chi connectivity index (χ4v) is 3.95. The molecule has 1 saturated heterocycles. The van der Waals surface area contributed by atoms with Crippen LogP contribution < -0.4 is 15.5 Å². The summed E-state index contributed by atoms with van der Waals surface area (Å²) in [6.07, 6.45) is 1.86. The van der Waals surface area contributed by atoms with Crippen LogP contribution in [-0.2, 0) is 11.3 Å². The fourth-order valence-electron chi connectivity index (χ4n) is 3.10. The van der Waals surface area contributed by atoms with E-state index in [1.165, 1.54) is 4.88 Å². The number of thiazole rings is 1. The zero-order valence-corrected chi connectivity index (χ0v) is 21.1. The van der Waals surface area contributed by atoms with Crippen molar-refractivity contribution >= 4 is 64.5 Å². The van der Waals surface area contributed by atoms with Gasteiger partial charge in [-0.3, -0.25) is 4.79 Å². The molecule has 7 nitrogen and oxygen atoms in total. The summed E-state index contributed by atoms with van der Waals surface area (Å²) in [6, 6.07) is 7.82. The Bertz CT molecular complexity index is 836. The second-order valence-corrected chi connectivity index (χ2v) is 8.51. The largest absolute Gasteiger partial charge is 0.368 e. The number of nitrogens with zero attached hydrogens (tertiary/aromatic N) is 4. The van der Waals surface area contributed by atoms with E-state index in [2.05, 4.69) is 25.5 Å². The molecule has 0 atom stereocenters. The normalized spacial score (nSPS) is 14.3. The number of hydrogen-bond donors (Lipinski definition) is 2. The van der Waals surface area contributed by atoms with E-state index >= 15 is 0 Å². The van der Waals surface area contributed by atoms with Gasteiger partial charge in [-0.25, -0.2) is 9.98 Å². The second kappa shape index (κ2) is 12.3.